The van der Waals surface area contributed by atoms with Crippen LogP contribution in [0.15, 0.2) is 18.2 Å². The predicted molar refractivity (Wildman–Crippen MR) is 65.5 cm³/mol. The minimum atomic E-state index is 0.741. The van der Waals surface area contributed by atoms with Gasteiger partial charge in [-0.1, -0.05) is 24.5 Å². The van der Waals surface area contributed by atoms with Crippen molar-refractivity contribution in [2.45, 2.75) is 26.1 Å². The Hall–Kier alpha value is -0.755. The number of aryl methyl sites for hydroxylation is 2. The average Bonchev–Trinajstić information content (AvgIpc) is 2.14. The van der Waals surface area contributed by atoms with Gasteiger partial charge in [0.05, 0.1) is 7.85 Å². The summed E-state index contributed by atoms with van der Waals surface area (Å²) in [4.78, 5) is 0. The van der Waals surface area contributed by atoms with Crippen LogP contribution in [0.5, 0.6) is 0 Å². The maximum atomic E-state index is 5.55. The first-order valence-corrected chi connectivity index (χ1v) is 5.79. The van der Waals surface area contributed by atoms with Gasteiger partial charge in [-0.2, -0.15) is 0 Å². The molecule has 78 valence electrons. The molecule has 1 aliphatic heterocycles. The molecule has 1 aliphatic rings. The third kappa shape index (κ3) is 2.63. The molecule has 0 unspecified atom stereocenters. The van der Waals surface area contributed by atoms with Crippen molar-refractivity contribution in [3.05, 3.63) is 34.9 Å². The molecule has 2 heteroatoms. The second-order valence-electron chi connectivity index (χ2n) is 4.53. The average molecular weight is 199 g/mol. The zero-order valence-corrected chi connectivity index (χ0v) is 9.42. The molecule has 2 radical (unpaired) electrons. The standard InChI is InChI=1S/C13H18BN/c1-10-6-11(4-5-14)2-3-13(10)7-12-8-15-9-12/h2-3,6,12,15H,4-5,7-9H2,1H3. The van der Waals surface area contributed by atoms with Gasteiger partial charge in [-0.3, -0.25) is 0 Å². The Bertz CT molecular complexity index is 331. The Morgan fingerprint density at radius 2 is 2.20 bits per heavy atom. The molecule has 0 atom stereocenters. The van der Waals surface area contributed by atoms with Gasteiger partial charge in [-0.15, -0.1) is 0 Å². The summed E-state index contributed by atoms with van der Waals surface area (Å²) in [5.41, 5.74) is 4.29. The first kappa shape index (κ1) is 10.8. The summed E-state index contributed by atoms with van der Waals surface area (Å²) in [6.07, 6.45) is 2.96. The van der Waals surface area contributed by atoms with E-state index in [9.17, 15) is 0 Å². The third-order valence-corrected chi connectivity index (χ3v) is 3.21. The second-order valence-corrected chi connectivity index (χ2v) is 4.53. The van der Waals surface area contributed by atoms with E-state index in [4.69, 9.17) is 7.85 Å². The summed E-state index contributed by atoms with van der Waals surface area (Å²) in [5.74, 6) is 0.851. The number of rotatable bonds is 4. The molecule has 0 spiro atoms. The fraction of sp³-hybridized carbons (Fsp3) is 0.538. The Balaban J connectivity index is 2.04. The van der Waals surface area contributed by atoms with E-state index in [1.807, 2.05) is 0 Å². The largest absolute Gasteiger partial charge is 0.316 e. The van der Waals surface area contributed by atoms with Crippen molar-refractivity contribution in [2.24, 2.45) is 5.92 Å². The van der Waals surface area contributed by atoms with Crippen LogP contribution < -0.4 is 5.32 Å². The van der Waals surface area contributed by atoms with Crippen molar-refractivity contribution < 1.29 is 0 Å². The maximum Gasteiger partial charge on any atom is 0.0657 e. The molecule has 1 aromatic rings. The van der Waals surface area contributed by atoms with E-state index in [1.165, 1.54) is 36.2 Å². The van der Waals surface area contributed by atoms with E-state index < -0.39 is 0 Å². The lowest BCUT2D eigenvalue weighted by atomic mass is 9.90. The molecule has 1 nitrogen and oxygen atoms in total. The predicted octanol–water partition coefficient (Wildman–Crippen LogP) is 1.89. The topological polar surface area (TPSA) is 12.0 Å². The van der Waals surface area contributed by atoms with Crippen molar-refractivity contribution >= 4 is 7.85 Å². The summed E-state index contributed by atoms with van der Waals surface area (Å²) in [5, 5.41) is 3.32. The molecule has 0 aromatic heterocycles. The van der Waals surface area contributed by atoms with E-state index in [-0.39, 0.29) is 0 Å². The highest BCUT2D eigenvalue weighted by Crippen LogP contribution is 2.18. The van der Waals surface area contributed by atoms with Gasteiger partial charge in [0.1, 0.15) is 0 Å². The number of nitrogens with one attached hydrogen (secondary N) is 1. The zero-order valence-electron chi connectivity index (χ0n) is 9.42. The van der Waals surface area contributed by atoms with Crippen LogP contribution in [0.3, 0.4) is 0 Å². The highest BCUT2D eigenvalue weighted by atomic mass is 14.9. The van der Waals surface area contributed by atoms with Gasteiger partial charge in [0.15, 0.2) is 0 Å². The molecule has 1 N–H and O–H groups in total. The van der Waals surface area contributed by atoms with Crippen LogP contribution in [0.1, 0.15) is 16.7 Å². The maximum absolute atomic E-state index is 5.55. The summed E-state index contributed by atoms with van der Waals surface area (Å²) < 4.78 is 0. The smallest absolute Gasteiger partial charge is 0.0657 e. The van der Waals surface area contributed by atoms with Crippen LogP contribution in [0.2, 0.25) is 6.32 Å². The van der Waals surface area contributed by atoms with Crippen LogP contribution in [0.4, 0.5) is 0 Å². The number of hydrogen-bond acceptors (Lipinski definition) is 1. The van der Waals surface area contributed by atoms with Crippen LogP contribution in [0.25, 0.3) is 0 Å². The number of benzene rings is 1. The Kier molecular flexibility index (Phi) is 3.47. The van der Waals surface area contributed by atoms with Crippen molar-refractivity contribution in [1.82, 2.24) is 5.32 Å². The van der Waals surface area contributed by atoms with E-state index in [1.54, 1.807) is 0 Å². The first-order valence-electron chi connectivity index (χ1n) is 5.79. The lowest BCUT2D eigenvalue weighted by molar-refractivity contribution is 0.346. The van der Waals surface area contributed by atoms with Gasteiger partial charge in [-0.25, -0.2) is 0 Å². The van der Waals surface area contributed by atoms with Gasteiger partial charge in [0, 0.05) is 0 Å². The molecule has 0 aliphatic carbocycles. The highest BCUT2D eigenvalue weighted by Gasteiger charge is 2.17. The van der Waals surface area contributed by atoms with Crippen molar-refractivity contribution in [1.29, 1.82) is 0 Å². The van der Waals surface area contributed by atoms with E-state index in [0.717, 1.165) is 18.7 Å². The van der Waals surface area contributed by atoms with Gasteiger partial charge in [0.2, 0.25) is 0 Å². The molecular formula is C13H18BN. The SMILES string of the molecule is [B]CCc1ccc(CC2CNC2)c(C)c1. The van der Waals surface area contributed by atoms with E-state index in [2.05, 4.69) is 30.4 Å². The van der Waals surface area contributed by atoms with E-state index >= 15 is 0 Å². The zero-order chi connectivity index (χ0) is 10.7. The molecule has 0 amide bonds. The van der Waals surface area contributed by atoms with Gasteiger partial charge in [0.25, 0.3) is 0 Å². The molecule has 15 heavy (non-hydrogen) atoms. The normalized spacial score (nSPS) is 16.3. The van der Waals surface area contributed by atoms with Crippen LogP contribution in [-0.4, -0.2) is 20.9 Å². The lowest BCUT2D eigenvalue weighted by Crippen LogP contribution is -2.43. The summed E-state index contributed by atoms with van der Waals surface area (Å²) in [7, 11) is 5.55. The minimum Gasteiger partial charge on any atom is -0.316 e. The minimum absolute atomic E-state index is 0.741. The highest BCUT2D eigenvalue weighted by molar-refractivity contribution is 6.08. The van der Waals surface area contributed by atoms with Crippen LogP contribution >= 0.6 is 0 Å². The Labute approximate surface area is 93.7 Å². The Morgan fingerprint density at radius 3 is 2.73 bits per heavy atom. The van der Waals surface area contributed by atoms with Gasteiger partial charge < -0.3 is 5.32 Å². The van der Waals surface area contributed by atoms with Gasteiger partial charge in [-0.05, 0) is 55.5 Å². The molecule has 1 saturated heterocycles. The van der Waals surface area contributed by atoms with Crippen molar-refractivity contribution in [2.75, 3.05) is 13.1 Å². The van der Waals surface area contributed by atoms with Crippen molar-refractivity contribution in [3.8, 4) is 0 Å². The second kappa shape index (κ2) is 4.85. The molecule has 0 saturated carbocycles. The van der Waals surface area contributed by atoms with Gasteiger partial charge >= 0.3 is 0 Å². The quantitative estimate of drug-likeness (QED) is 0.730. The summed E-state index contributed by atoms with van der Waals surface area (Å²) in [6, 6.07) is 6.79. The Morgan fingerprint density at radius 1 is 1.40 bits per heavy atom. The summed E-state index contributed by atoms with van der Waals surface area (Å²) >= 11 is 0. The first-order chi connectivity index (χ1) is 7.29. The molecule has 0 bridgehead atoms. The fourth-order valence-corrected chi connectivity index (χ4v) is 2.11. The van der Waals surface area contributed by atoms with E-state index in [0.29, 0.717) is 0 Å². The van der Waals surface area contributed by atoms with Crippen LogP contribution in [0, 0.1) is 12.8 Å². The molecule has 1 heterocycles. The molecule has 2 rings (SSSR count). The monoisotopic (exact) mass is 199 g/mol. The lowest BCUT2D eigenvalue weighted by Gasteiger charge is -2.27. The van der Waals surface area contributed by atoms with Crippen molar-refractivity contribution in [3.63, 3.8) is 0 Å². The number of hydrogen-bond donors (Lipinski definition) is 1. The molecule has 1 fully saturated rings. The molecule has 1 aromatic carbocycles. The third-order valence-electron chi connectivity index (χ3n) is 3.21. The summed E-state index contributed by atoms with van der Waals surface area (Å²) in [6.45, 7) is 4.58. The van der Waals surface area contributed by atoms with Crippen LogP contribution in [-0.2, 0) is 12.8 Å². The fourth-order valence-electron chi connectivity index (χ4n) is 2.11. The molecular weight excluding hydrogens is 181 g/mol.